The Bertz CT molecular complexity index is 745. The quantitative estimate of drug-likeness (QED) is 0.297. The average molecular weight is 365 g/mol. The summed E-state index contributed by atoms with van der Waals surface area (Å²) in [6.07, 6.45) is 11.6. The molecule has 0 fully saturated rings. The number of hydrogen-bond acceptors (Lipinski definition) is 2. The Labute approximate surface area is 164 Å². The molecule has 0 aromatic heterocycles. The number of benzene rings is 2. The monoisotopic (exact) mass is 364 g/mol. The van der Waals surface area contributed by atoms with Crippen LogP contribution in [0.5, 0.6) is 5.75 Å². The van der Waals surface area contributed by atoms with E-state index in [4.69, 9.17) is 4.74 Å². The van der Waals surface area contributed by atoms with Gasteiger partial charge in [0.25, 0.3) is 0 Å². The molecule has 2 aromatic carbocycles. The molecule has 2 heteroatoms. The van der Waals surface area contributed by atoms with Gasteiger partial charge in [0.1, 0.15) is 5.75 Å². The normalized spacial score (nSPS) is 16.0. The SMILES string of the molecule is CCCCCCCC1CCc2cc(C(=O)Oc3ccc(C)cc3)ccc2C1. The molecule has 0 heterocycles. The number of unbranched alkanes of at least 4 members (excludes halogenated alkanes) is 4. The van der Waals surface area contributed by atoms with Crippen LogP contribution in [0.25, 0.3) is 0 Å². The van der Waals surface area contributed by atoms with Gasteiger partial charge >= 0.3 is 5.97 Å². The number of hydrogen-bond donors (Lipinski definition) is 0. The van der Waals surface area contributed by atoms with Crippen molar-refractivity contribution in [3.05, 3.63) is 64.7 Å². The fourth-order valence-electron chi connectivity index (χ4n) is 4.01. The second kappa shape index (κ2) is 9.73. The minimum Gasteiger partial charge on any atom is -0.423 e. The zero-order valence-electron chi connectivity index (χ0n) is 16.8. The van der Waals surface area contributed by atoms with Crippen LogP contribution in [0.15, 0.2) is 42.5 Å². The van der Waals surface area contributed by atoms with E-state index in [1.807, 2.05) is 43.3 Å². The first kappa shape index (κ1) is 19.7. The summed E-state index contributed by atoms with van der Waals surface area (Å²) in [5.74, 6) is 1.15. The highest BCUT2D eigenvalue weighted by Gasteiger charge is 2.20. The lowest BCUT2D eigenvalue weighted by molar-refractivity contribution is 0.0734. The van der Waals surface area contributed by atoms with E-state index in [2.05, 4.69) is 13.0 Å². The fraction of sp³-hybridized carbons (Fsp3) is 0.480. The Morgan fingerprint density at radius 3 is 2.56 bits per heavy atom. The van der Waals surface area contributed by atoms with Crippen LogP contribution in [-0.2, 0) is 12.8 Å². The van der Waals surface area contributed by atoms with Crippen LogP contribution in [0.2, 0.25) is 0 Å². The number of aryl methyl sites for hydroxylation is 2. The lowest BCUT2D eigenvalue weighted by atomic mass is 9.81. The van der Waals surface area contributed by atoms with Crippen molar-refractivity contribution in [2.24, 2.45) is 5.92 Å². The average Bonchev–Trinajstić information content (AvgIpc) is 2.69. The van der Waals surface area contributed by atoms with Crippen LogP contribution in [-0.4, -0.2) is 5.97 Å². The maximum atomic E-state index is 12.5. The van der Waals surface area contributed by atoms with E-state index in [9.17, 15) is 4.79 Å². The van der Waals surface area contributed by atoms with Crippen LogP contribution in [0.4, 0.5) is 0 Å². The molecule has 1 aliphatic carbocycles. The minimum atomic E-state index is -0.264. The molecule has 0 spiro atoms. The van der Waals surface area contributed by atoms with Gasteiger partial charge in [-0.2, -0.15) is 0 Å². The van der Waals surface area contributed by atoms with Crippen molar-refractivity contribution in [1.82, 2.24) is 0 Å². The lowest BCUT2D eigenvalue weighted by Crippen LogP contribution is -2.16. The van der Waals surface area contributed by atoms with Gasteiger partial charge in [0.2, 0.25) is 0 Å². The molecule has 1 unspecified atom stereocenters. The number of esters is 1. The molecule has 2 nitrogen and oxygen atoms in total. The second-order valence-corrected chi connectivity index (χ2v) is 8.00. The first-order valence-electron chi connectivity index (χ1n) is 10.6. The van der Waals surface area contributed by atoms with E-state index in [1.165, 1.54) is 56.1 Å². The third kappa shape index (κ3) is 5.69. The van der Waals surface area contributed by atoms with E-state index < -0.39 is 0 Å². The van der Waals surface area contributed by atoms with Crippen molar-refractivity contribution in [1.29, 1.82) is 0 Å². The van der Waals surface area contributed by atoms with Gasteiger partial charge in [-0.25, -0.2) is 4.79 Å². The summed E-state index contributed by atoms with van der Waals surface area (Å²) in [6, 6.07) is 13.7. The van der Waals surface area contributed by atoms with Crippen LogP contribution in [0.3, 0.4) is 0 Å². The maximum absolute atomic E-state index is 12.5. The van der Waals surface area contributed by atoms with Gasteiger partial charge in [-0.1, -0.05) is 69.2 Å². The molecule has 1 atom stereocenters. The summed E-state index contributed by atoms with van der Waals surface area (Å²) in [7, 11) is 0. The molecule has 3 rings (SSSR count). The maximum Gasteiger partial charge on any atom is 0.343 e. The Kier molecular flexibility index (Phi) is 7.09. The molecular formula is C25H32O2. The molecule has 0 saturated heterocycles. The second-order valence-electron chi connectivity index (χ2n) is 8.00. The van der Waals surface area contributed by atoms with Crippen LogP contribution >= 0.6 is 0 Å². The molecule has 27 heavy (non-hydrogen) atoms. The molecule has 0 bridgehead atoms. The molecular weight excluding hydrogens is 332 g/mol. The topological polar surface area (TPSA) is 26.3 Å². The van der Waals surface area contributed by atoms with Crippen molar-refractivity contribution in [3.8, 4) is 5.75 Å². The highest BCUT2D eigenvalue weighted by atomic mass is 16.5. The van der Waals surface area contributed by atoms with Gasteiger partial charge in [-0.3, -0.25) is 0 Å². The van der Waals surface area contributed by atoms with E-state index in [0.29, 0.717) is 11.3 Å². The zero-order valence-corrected chi connectivity index (χ0v) is 16.8. The summed E-state index contributed by atoms with van der Waals surface area (Å²) in [5.41, 5.74) is 4.57. The van der Waals surface area contributed by atoms with Crippen molar-refractivity contribution < 1.29 is 9.53 Å². The molecule has 0 radical (unpaired) electrons. The Hall–Kier alpha value is -2.09. The first-order valence-corrected chi connectivity index (χ1v) is 10.6. The fourth-order valence-corrected chi connectivity index (χ4v) is 4.01. The third-order valence-corrected chi connectivity index (χ3v) is 5.72. The summed E-state index contributed by atoms with van der Waals surface area (Å²) >= 11 is 0. The smallest absolute Gasteiger partial charge is 0.343 e. The van der Waals surface area contributed by atoms with Gasteiger partial charge < -0.3 is 4.74 Å². The lowest BCUT2D eigenvalue weighted by Gasteiger charge is -2.25. The standard InChI is InChI=1S/C25H32O2/c1-3-4-5-6-7-8-20-11-12-22-18-23(14-13-21(22)17-20)25(26)27-24-15-9-19(2)10-16-24/h9-10,13-16,18,20H,3-8,11-12,17H2,1-2H3. The number of ether oxygens (including phenoxy) is 1. The van der Waals surface area contributed by atoms with Gasteiger partial charge in [0, 0.05) is 0 Å². The molecule has 2 aromatic rings. The first-order chi connectivity index (χ1) is 13.2. The molecule has 0 amide bonds. The number of carbonyl (C=O) groups is 1. The highest BCUT2D eigenvalue weighted by Crippen LogP contribution is 2.30. The summed E-state index contributed by atoms with van der Waals surface area (Å²) in [4.78, 5) is 12.5. The molecule has 0 saturated carbocycles. The summed E-state index contributed by atoms with van der Waals surface area (Å²) in [5, 5.41) is 0. The summed E-state index contributed by atoms with van der Waals surface area (Å²) in [6.45, 7) is 4.29. The van der Waals surface area contributed by atoms with E-state index >= 15 is 0 Å². The van der Waals surface area contributed by atoms with Crippen molar-refractivity contribution in [2.75, 3.05) is 0 Å². The van der Waals surface area contributed by atoms with Crippen molar-refractivity contribution in [2.45, 2.75) is 71.6 Å². The van der Waals surface area contributed by atoms with Crippen molar-refractivity contribution in [3.63, 3.8) is 0 Å². The van der Waals surface area contributed by atoms with Crippen molar-refractivity contribution >= 4 is 5.97 Å². The number of carbonyl (C=O) groups excluding carboxylic acids is 1. The van der Waals surface area contributed by atoms with E-state index in [-0.39, 0.29) is 5.97 Å². The van der Waals surface area contributed by atoms with Gasteiger partial charge in [0.05, 0.1) is 5.56 Å². The number of rotatable bonds is 8. The molecule has 0 N–H and O–H groups in total. The van der Waals surface area contributed by atoms with Gasteiger partial charge in [-0.05, 0) is 67.5 Å². The molecule has 1 aliphatic rings. The van der Waals surface area contributed by atoms with Gasteiger partial charge in [-0.15, -0.1) is 0 Å². The Morgan fingerprint density at radius 2 is 1.78 bits per heavy atom. The van der Waals surface area contributed by atoms with Crippen LogP contribution < -0.4 is 4.74 Å². The van der Waals surface area contributed by atoms with Gasteiger partial charge in [0.15, 0.2) is 0 Å². The van der Waals surface area contributed by atoms with E-state index in [0.717, 1.165) is 24.3 Å². The van der Waals surface area contributed by atoms with Crippen LogP contribution in [0.1, 0.15) is 78.9 Å². The molecule has 144 valence electrons. The Morgan fingerprint density at radius 1 is 1.00 bits per heavy atom. The molecule has 0 aliphatic heterocycles. The zero-order chi connectivity index (χ0) is 19.1. The number of fused-ring (bicyclic) bond motifs is 1. The minimum absolute atomic E-state index is 0.264. The predicted molar refractivity (Wildman–Crippen MR) is 111 cm³/mol. The predicted octanol–water partition coefficient (Wildman–Crippen LogP) is 6.68. The van der Waals surface area contributed by atoms with Crippen LogP contribution in [0, 0.1) is 12.8 Å². The summed E-state index contributed by atoms with van der Waals surface area (Å²) < 4.78 is 5.51. The Balaban J connectivity index is 1.54. The largest absolute Gasteiger partial charge is 0.423 e. The highest BCUT2D eigenvalue weighted by molar-refractivity contribution is 5.91. The third-order valence-electron chi connectivity index (χ3n) is 5.72. The van der Waals surface area contributed by atoms with E-state index in [1.54, 1.807) is 0 Å².